The predicted molar refractivity (Wildman–Crippen MR) is 61.1 cm³/mol. The largest absolute Gasteiger partial charge is 0.320 e. The molecule has 86 valence electrons. The first-order valence-electron chi connectivity index (χ1n) is 5.01. The molecule has 4 nitrogen and oxygen atoms in total. The summed E-state index contributed by atoms with van der Waals surface area (Å²) in [7, 11) is 0. The predicted octanol–water partition coefficient (Wildman–Crippen LogP) is 2.18. The highest BCUT2D eigenvalue weighted by Gasteiger charge is 2.12. The molecule has 2 aromatic rings. The highest BCUT2D eigenvalue weighted by Crippen LogP contribution is 2.10. The Balaban J connectivity index is 2.20. The van der Waals surface area contributed by atoms with Gasteiger partial charge in [0, 0.05) is 23.8 Å². The number of nitrogens with one attached hydrogen (secondary N) is 1. The monoisotopic (exact) mass is 231 g/mol. The molecule has 17 heavy (non-hydrogen) atoms. The highest BCUT2D eigenvalue weighted by atomic mass is 19.1. The van der Waals surface area contributed by atoms with Gasteiger partial charge < -0.3 is 5.32 Å². The molecular weight excluding hydrogens is 221 g/mol. The third kappa shape index (κ3) is 2.63. The first kappa shape index (κ1) is 11.2. The minimum absolute atomic E-state index is 0.220. The summed E-state index contributed by atoms with van der Waals surface area (Å²) in [6, 6.07) is 5.95. The van der Waals surface area contributed by atoms with Crippen LogP contribution in [-0.4, -0.2) is 15.9 Å². The van der Waals surface area contributed by atoms with Gasteiger partial charge in [-0.25, -0.2) is 9.37 Å². The van der Waals surface area contributed by atoms with Gasteiger partial charge in [-0.2, -0.15) is 0 Å². The number of amides is 1. The summed E-state index contributed by atoms with van der Waals surface area (Å²) in [5.74, 6) is -1.22. The van der Waals surface area contributed by atoms with Gasteiger partial charge in [-0.05, 0) is 31.2 Å². The van der Waals surface area contributed by atoms with Gasteiger partial charge in [0.25, 0.3) is 5.91 Å². The lowest BCUT2D eigenvalue weighted by Crippen LogP contribution is -2.15. The summed E-state index contributed by atoms with van der Waals surface area (Å²) in [4.78, 5) is 19.4. The minimum atomic E-state index is -0.643. The highest BCUT2D eigenvalue weighted by molar-refractivity contribution is 6.02. The molecule has 2 heterocycles. The zero-order valence-electron chi connectivity index (χ0n) is 9.14. The second-order valence-electron chi connectivity index (χ2n) is 3.47. The summed E-state index contributed by atoms with van der Waals surface area (Å²) in [6.45, 7) is 1.80. The average Bonchev–Trinajstić information content (AvgIpc) is 2.29. The number of halogens is 1. The van der Waals surface area contributed by atoms with E-state index in [4.69, 9.17) is 0 Å². The molecular formula is C12H10FN3O. The molecule has 0 spiro atoms. The van der Waals surface area contributed by atoms with E-state index in [1.807, 2.05) is 0 Å². The molecule has 0 saturated heterocycles. The zero-order chi connectivity index (χ0) is 12.3. The molecule has 0 fully saturated rings. The lowest BCUT2D eigenvalue weighted by Gasteiger charge is -2.05. The van der Waals surface area contributed by atoms with Gasteiger partial charge in [0.05, 0.1) is 0 Å². The van der Waals surface area contributed by atoms with E-state index in [2.05, 4.69) is 15.3 Å². The van der Waals surface area contributed by atoms with Gasteiger partial charge in [0.15, 0.2) is 11.5 Å². The van der Waals surface area contributed by atoms with Crippen molar-refractivity contribution in [1.82, 2.24) is 9.97 Å². The van der Waals surface area contributed by atoms with E-state index in [1.54, 1.807) is 25.3 Å². The lowest BCUT2D eigenvalue weighted by molar-refractivity contribution is 0.101. The number of hydrogen-bond acceptors (Lipinski definition) is 3. The van der Waals surface area contributed by atoms with E-state index in [9.17, 15) is 9.18 Å². The van der Waals surface area contributed by atoms with Gasteiger partial charge >= 0.3 is 0 Å². The number of aromatic nitrogens is 2. The van der Waals surface area contributed by atoms with Crippen molar-refractivity contribution in [2.24, 2.45) is 0 Å². The Morgan fingerprint density at radius 2 is 2.12 bits per heavy atom. The summed E-state index contributed by atoms with van der Waals surface area (Å²) in [5, 5.41) is 2.56. The second-order valence-corrected chi connectivity index (χ2v) is 3.47. The molecule has 0 unspecified atom stereocenters. The van der Waals surface area contributed by atoms with Crippen molar-refractivity contribution < 1.29 is 9.18 Å². The van der Waals surface area contributed by atoms with E-state index in [0.717, 1.165) is 5.69 Å². The lowest BCUT2D eigenvalue weighted by atomic mass is 10.3. The SMILES string of the molecule is Cc1cc(NC(=O)c2ncccc2F)ccn1. The summed E-state index contributed by atoms with van der Waals surface area (Å²) < 4.78 is 13.3. The Morgan fingerprint density at radius 3 is 2.82 bits per heavy atom. The topological polar surface area (TPSA) is 54.9 Å². The fraction of sp³-hybridized carbons (Fsp3) is 0.0833. The Morgan fingerprint density at radius 1 is 1.29 bits per heavy atom. The number of hydrogen-bond donors (Lipinski definition) is 1. The van der Waals surface area contributed by atoms with Crippen LogP contribution in [0.5, 0.6) is 0 Å². The molecule has 0 atom stereocenters. The summed E-state index contributed by atoms with van der Waals surface area (Å²) >= 11 is 0. The van der Waals surface area contributed by atoms with Gasteiger partial charge in [-0.3, -0.25) is 9.78 Å². The van der Waals surface area contributed by atoms with Crippen molar-refractivity contribution in [3.63, 3.8) is 0 Å². The molecule has 0 aliphatic carbocycles. The van der Waals surface area contributed by atoms with Gasteiger partial charge in [0.2, 0.25) is 0 Å². The Kier molecular flexibility index (Phi) is 3.09. The molecule has 0 aromatic carbocycles. The third-order valence-corrected chi connectivity index (χ3v) is 2.13. The standard InChI is InChI=1S/C12H10FN3O/c1-8-7-9(4-6-14-8)16-12(17)11-10(13)3-2-5-15-11/h2-7H,1H3,(H,14,16,17). The quantitative estimate of drug-likeness (QED) is 0.861. The molecule has 0 aliphatic rings. The van der Waals surface area contributed by atoms with Gasteiger partial charge in [0.1, 0.15) is 0 Å². The molecule has 0 radical (unpaired) electrons. The fourth-order valence-corrected chi connectivity index (χ4v) is 1.37. The van der Waals surface area contributed by atoms with Crippen LogP contribution < -0.4 is 5.32 Å². The van der Waals surface area contributed by atoms with E-state index in [1.165, 1.54) is 18.3 Å². The van der Waals surface area contributed by atoms with Gasteiger partial charge in [-0.15, -0.1) is 0 Å². The van der Waals surface area contributed by atoms with Crippen LogP contribution in [0.1, 0.15) is 16.2 Å². The summed E-state index contributed by atoms with van der Waals surface area (Å²) in [6.07, 6.45) is 2.94. The van der Waals surface area contributed by atoms with Crippen LogP contribution in [0.4, 0.5) is 10.1 Å². The number of carbonyl (C=O) groups excluding carboxylic acids is 1. The van der Waals surface area contributed by atoms with E-state index in [-0.39, 0.29) is 5.69 Å². The smallest absolute Gasteiger partial charge is 0.277 e. The molecule has 1 amide bonds. The fourth-order valence-electron chi connectivity index (χ4n) is 1.37. The first-order chi connectivity index (χ1) is 8.16. The minimum Gasteiger partial charge on any atom is -0.320 e. The first-order valence-corrected chi connectivity index (χ1v) is 5.01. The van der Waals surface area contributed by atoms with Gasteiger partial charge in [-0.1, -0.05) is 0 Å². The number of nitrogens with zero attached hydrogens (tertiary/aromatic N) is 2. The molecule has 0 aliphatic heterocycles. The Bertz CT molecular complexity index is 557. The number of anilines is 1. The Hall–Kier alpha value is -2.30. The maximum atomic E-state index is 13.3. The van der Waals surface area contributed by atoms with Crippen LogP contribution in [0.2, 0.25) is 0 Å². The van der Waals surface area contributed by atoms with E-state index >= 15 is 0 Å². The van der Waals surface area contributed by atoms with Crippen LogP contribution in [0.3, 0.4) is 0 Å². The van der Waals surface area contributed by atoms with Crippen molar-refractivity contribution in [3.05, 3.63) is 53.9 Å². The van der Waals surface area contributed by atoms with Crippen molar-refractivity contribution >= 4 is 11.6 Å². The van der Waals surface area contributed by atoms with Crippen molar-refractivity contribution in [1.29, 1.82) is 0 Å². The Labute approximate surface area is 97.5 Å². The van der Waals surface area contributed by atoms with Crippen LogP contribution in [0, 0.1) is 12.7 Å². The second kappa shape index (κ2) is 4.69. The number of aryl methyl sites for hydroxylation is 1. The van der Waals surface area contributed by atoms with Crippen molar-refractivity contribution in [2.45, 2.75) is 6.92 Å². The normalized spacial score (nSPS) is 10.0. The maximum Gasteiger partial charge on any atom is 0.277 e. The third-order valence-electron chi connectivity index (χ3n) is 2.13. The number of carbonyl (C=O) groups is 1. The van der Waals surface area contributed by atoms with Crippen LogP contribution in [-0.2, 0) is 0 Å². The van der Waals surface area contributed by atoms with Crippen molar-refractivity contribution in [3.8, 4) is 0 Å². The molecule has 1 N–H and O–H groups in total. The van der Waals surface area contributed by atoms with Crippen molar-refractivity contribution in [2.75, 3.05) is 5.32 Å². The summed E-state index contributed by atoms with van der Waals surface area (Å²) in [5.41, 5.74) is 1.11. The maximum absolute atomic E-state index is 13.3. The number of rotatable bonds is 2. The molecule has 0 saturated carbocycles. The van der Waals surface area contributed by atoms with E-state index < -0.39 is 11.7 Å². The average molecular weight is 231 g/mol. The number of pyridine rings is 2. The molecule has 2 aromatic heterocycles. The zero-order valence-corrected chi connectivity index (χ0v) is 9.14. The van der Waals surface area contributed by atoms with Crippen LogP contribution >= 0.6 is 0 Å². The molecule has 0 bridgehead atoms. The van der Waals surface area contributed by atoms with Crippen LogP contribution in [0.25, 0.3) is 0 Å². The molecule has 5 heteroatoms. The van der Waals surface area contributed by atoms with E-state index in [0.29, 0.717) is 5.69 Å². The van der Waals surface area contributed by atoms with Crippen LogP contribution in [0.15, 0.2) is 36.7 Å². The molecule has 2 rings (SSSR count).